The maximum Gasteiger partial charge on any atom is 0.141 e. The lowest BCUT2D eigenvalue weighted by Crippen LogP contribution is -2.07. The summed E-state index contributed by atoms with van der Waals surface area (Å²) in [6, 6.07) is 1.96. The van der Waals surface area contributed by atoms with E-state index in [1.54, 1.807) is 23.3 Å². The van der Waals surface area contributed by atoms with Crippen molar-refractivity contribution in [1.29, 1.82) is 0 Å². The second kappa shape index (κ2) is 4.86. The summed E-state index contributed by atoms with van der Waals surface area (Å²) in [7, 11) is 0. The molecule has 0 aliphatic rings. The van der Waals surface area contributed by atoms with Crippen LogP contribution in [0, 0.1) is 0 Å². The van der Waals surface area contributed by atoms with Crippen LogP contribution in [0.15, 0.2) is 24.7 Å². The second-order valence-electron chi connectivity index (χ2n) is 4.05. The van der Waals surface area contributed by atoms with Gasteiger partial charge in [0.05, 0.1) is 12.7 Å². The Balaban J connectivity index is 2.43. The number of nitrogens with zero attached hydrogens (tertiary/aromatic N) is 4. The first-order valence-electron chi connectivity index (χ1n) is 5.50. The molecule has 0 unspecified atom stereocenters. The zero-order chi connectivity index (χ0) is 12.3. The molecule has 0 aromatic carbocycles. The summed E-state index contributed by atoms with van der Waals surface area (Å²) in [6.45, 7) is 4.41. The molecule has 0 N–H and O–H groups in total. The minimum absolute atomic E-state index is 0.272. The molecule has 0 saturated carbocycles. The molecule has 0 saturated heterocycles. The van der Waals surface area contributed by atoms with Gasteiger partial charge in [-0.15, -0.1) is 0 Å². The van der Waals surface area contributed by atoms with Crippen LogP contribution in [0.1, 0.15) is 25.5 Å². The largest absolute Gasteiger partial charge is 0.301 e. The van der Waals surface area contributed by atoms with Crippen LogP contribution in [-0.2, 0) is 11.3 Å². The lowest BCUT2D eigenvalue weighted by atomic mass is 10.1. The van der Waals surface area contributed by atoms with Gasteiger partial charge in [-0.05, 0) is 12.0 Å². The van der Waals surface area contributed by atoms with Gasteiger partial charge in [0.2, 0.25) is 0 Å². The summed E-state index contributed by atoms with van der Waals surface area (Å²) in [5.41, 5.74) is 2.50. The fourth-order valence-corrected chi connectivity index (χ4v) is 1.67. The van der Waals surface area contributed by atoms with Crippen LogP contribution in [0.25, 0.3) is 11.4 Å². The maximum atomic E-state index is 10.6. The number of aromatic nitrogens is 4. The average molecular weight is 230 g/mol. The van der Waals surface area contributed by atoms with Gasteiger partial charge >= 0.3 is 0 Å². The monoisotopic (exact) mass is 230 g/mol. The molecule has 2 rings (SSSR count). The molecule has 2 aromatic rings. The fourth-order valence-electron chi connectivity index (χ4n) is 1.67. The molecule has 88 valence electrons. The summed E-state index contributed by atoms with van der Waals surface area (Å²) in [5.74, 6) is 0.313. The molecule has 5 heteroatoms. The fraction of sp³-hybridized carbons (Fsp3) is 0.333. The first-order valence-corrected chi connectivity index (χ1v) is 5.50. The molecular formula is C12H14N4O. The Morgan fingerprint density at radius 3 is 2.76 bits per heavy atom. The molecule has 0 bridgehead atoms. The molecule has 0 fully saturated rings. The number of hydrogen-bond donors (Lipinski definition) is 0. The zero-order valence-electron chi connectivity index (χ0n) is 9.87. The third-order valence-electron chi connectivity index (χ3n) is 2.48. The number of hydrogen-bond acceptors (Lipinski definition) is 4. The highest BCUT2D eigenvalue weighted by Gasteiger charge is 2.12. The average Bonchev–Trinajstić information content (AvgIpc) is 2.75. The first kappa shape index (κ1) is 11.4. The van der Waals surface area contributed by atoms with Gasteiger partial charge in [0.1, 0.15) is 17.7 Å². The lowest BCUT2D eigenvalue weighted by molar-refractivity contribution is -0.108. The highest BCUT2D eigenvalue weighted by Crippen LogP contribution is 2.21. The zero-order valence-corrected chi connectivity index (χ0v) is 9.87. The van der Waals surface area contributed by atoms with Gasteiger partial charge < -0.3 is 4.79 Å². The molecule has 0 aliphatic carbocycles. The number of aldehydes is 1. The van der Waals surface area contributed by atoms with Crippen LogP contribution < -0.4 is 0 Å². The quantitative estimate of drug-likeness (QED) is 0.749. The summed E-state index contributed by atoms with van der Waals surface area (Å²) < 4.78 is 1.71. The topological polar surface area (TPSA) is 60.7 Å². The van der Waals surface area contributed by atoms with Crippen LogP contribution in [0.2, 0.25) is 0 Å². The Morgan fingerprint density at radius 2 is 2.18 bits per heavy atom. The molecule has 0 amide bonds. The minimum Gasteiger partial charge on any atom is -0.301 e. The van der Waals surface area contributed by atoms with E-state index in [2.05, 4.69) is 28.9 Å². The molecule has 0 spiro atoms. The Morgan fingerprint density at radius 1 is 1.35 bits per heavy atom. The van der Waals surface area contributed by atoms with E-state index in [9.17, 15) is 4.79 Å². The lowest BCUT2D eigenvalue weighted by Gasteiger charge is -2.05. The summed E-state index contributed by atoms with van der Waals surface area (Å²) in [4.78, 5) is 18.8. The third kappa shape index (κ3) is 2.38. The van der Waals surface area contributed by atoms with Crippen LogP contribution in [0.3, 0.4) is 0 Å². The Bertz CT molecular complexity index is 504. The predicted octanol–water partition coefficient (Wildman–Crippen LogP) is 1.66. The summed E-state index contributed by atoms with van der Waals surface area (Å²) in [6.07, 6.45) is 5.76. The number of rotatable bonds is 4. The van der Waals surface area contributed by atoms with Crippen molar-refractivity contribution in [3.63, 3.8) is 0 Å². The van der Waals surface area contributed by atoms with Crippen molar-refractivity contribution in [3.05, 3.63) is 30.4 Å². The van der Waals surface area contributed by atoms with Crippen LogP contribution in [0.4, 0.5) is 0 Å². The molecule has 17 heavy (non-hydrogen) atoms. The van der Waals surface area contributed by atoms with Crippen molar-refractivity contribution < 1.29 is 4.79 Å². The predicted molar refractivity (Wildman–Crippen MR) is 63.4 cm³/mol. The van der Waals surface area contributed by atoms with Gasteiger partial charge in [-0.3, -0.25) is 14.6 Å². The van der Waals surface area contributed by atoms with Gasteiger partial charge in [0, 0.05) is 18.1 Å². The number of carbonyl (C=O) groups is 1. The molecule has 0 aliphatic heterocycles. The van der Waals surface area contributed by atoms with Gasteiger partial charge in [-0.2, -0.15) is 5.10 Å². The smallest absolute Gasteiger partial charge is 0.141 e. The SMILES string of the molecule is CC(C)c1cc(-c2cnccn2)nn1CC=O. The van der Waals surface area contributed by atoms with Crippen molar-refractivity contribution in [1.82, 2.24) is 19.7 Å². The molecule has 2 heterocycles. The van der Waals surface area contributed by atoms with Gasteiger partial charge in [0.15, 0.2) is 0 Å². The van der Waals surface area contributed by atoms with Crippen molar-refractivity contribution in [2.24, 2.45) is 0 Å². The first-order chi connectivity index (χ1) is 8.22. The van der Waals surface area contributed by atoms with E-state index in [-0.39, 0.29) is 6.54 Å². The normalized spacial score (nSPS) is 10.8. The van der Waals surface area contributed by atoms with E-state index in [4.69, 9.17) is 0 Å². The summed E-state index contributed by atoms with van der Waals surface area (Å²) in [5, 5.41) is 4.37. The maximum absolute atomic E-state index is 10.6. The molecule has 0 atom stereocenters. The van der Waals surface area contributed by atoms with E-state index >= 15 is 0 Å². The van der Waals surface area contributed by atoms with Crippen molar-refractivity contribution >= 4 is 6.29 Å². The molecule has 5 nitrogen and oxygen atoms in total. The van der Waals surface area contributed by atoms with Crippen LogP contribution in [-0.4, -0.2) is 26.0 Å². The van der Waals surface area contributed by atoms with E-state index in [0.29, 0.717) is 5.92 Å². The molecular weight excluding hydrogens is 216 g/mol. The van der Waals surface area contributed by atoms with Crippen molar-refractivity contribution in [2.45, 2.75) is 26.3 Å². The van der Waals surface area contributed by atoms with Crippen molar-refractivity contribution in [2.75, 3.05) is 0 Å². The van der Waals surface area contributed by atoms with E-state index in [0.717, 1.165) is 23.4 Å². The minimum atomic E-state index is 0.272. The van der Waals surface area contributed by atoms with Crippen LogP contribution >= 0.6 is 0 Å². The molecule has 0 radical (unpaired) electrons. The van der Waals surface area contributed by atoms with E-state index < -0.39 is 0 Å². The van der Waals surface area contributed by atoms with Gasteiger partial charge in [-0.25, -0.2) is 0 Å². The Labute approximate surface area is 99.5 Å². The Hall–Kier alpha value is -2.04. The van der Waals surface area contributed by atoms with Gasteiger partial charge in [0.25, 0.3) is 0 Å². The highest BCUT2D eigenvalue weighted by atomic mass is 16.1. The van der Waals surface area contributed by atoms with E-state index in [1.807, 2.05) is 6.07 Å². The third-order valence-corrected chi connectivity index (χ3v) is 2.48. The van der Waals surface area contributed by atoms with Crippen LogP contribution in [0.5, 0.6) is 0 Å². The molecule has 2 aromatic heterocycles. The highest BCUT2D eigenvalue weighted by molar-refractivity contribution is 5.55. The Kier molecular flexibility index (Phi) is 3.27. The number of carbonyl (C=O) groups excluding carboxylic acids is 1. The standard InChI is InChI=1S/C12H14N4O/c1-9(2)12-7-10(15-16(12)5-6-17)11-8-13-3-4-14-11/h3-4,6-9H,5H2,1-2H3. The van der Waals surface area contributed by atoms with Gasteiger partial charge in [-0.1, -0.05) is 13.8 Å². The second-order valence-corrected chi connectivity index (χ2v) is 4.05. The summed E-state index contributed by atoms with van der Waals surface area (Å²) >= 11 is 0. The van der Waals surface area contributed by atoms with Crippen molar-refractivity contribution in [3.8, 4) is 11.4 Å². The van der Waals surface area contributed by atoms with E-state index in [1.165, 1.54) is 0 Å².